The van der Waals surface area contributed by atoms with Gasteiger partial charge in [0.15, 0.2) is 6.29 Å². The molecule has 0 fully saturated rings. The molecule has 1 aromatic carbocycles. The van der Waals surface area contributed by atoms with Gasteiger partial charge in [-0.1, -0.05) is 6.07 Å². The maximum Gasteiger partial charge on any atom is 0.181 e. The maximum atomic E-state index is 9.45. The highest BCUT2D eigenvalue weighted by Gasteiger charge is 2.09. The summed E-state index contributed by atoms with van der Waals surface area (Å²) >= 11 is 0. The molecule has 0 spiro atoms. The van der Waals surface area contributed by atoms with Crippen molar-refractivity contribution in [3.8, 4) is 5.75 Å². The lowest BCUT2D eigenvalue weighted by molar-refractivity contribution is -0.0980. The van der Waals surface area contributed by atoms with Crippen molar-refractivity contribution in [2.45, 2.75) is 19.8 Å². The fourth-order valence-corrected chi connectivity index (χ4v) is 1.14. The Balaban J connectivity index is 2.88. The van der Waals surface area contributed by atoms with Crippen molar-refractivity contribution in [1.29, 1.82) is 0 Å². The smallest absolute Gasteiger partial charge is 0.181 e. The first-order valence-corrected chi connectivity index (χ1v) is 4.41. The van der Waals surface area contributed by atoms with Crippen LogP contribution in [-0.4, -0.2) is 21.9 Å². The Kier molecular flexibility index (Phi) is 3.88. The van der Waals surface area contributed by atoms with E-state index in [1.807, 2.05) is 0 Å². The van der Waals surface area contributed by atoms with E-state index in [1.54, 1.807) is 13.0 Å². The average Bonchev–Trinajstić information content (AvgIpc) is 2.19. The Morgan fingerprint density at radius 2 is 2.14 bits per heavy atom. The average molecular weight is 198 g/mol. The molecule has 1 aromatic rings. The van der Waals surface area contributed by atoms with Crippen molar-refractivity contribution in [3.05, 3.63) is 29.3 Å². The van der Waals surface area contributed by atoms with Gasteiger partial charge in [-0.3, -0.25) is 0 Å². The number of ether oxygens (including phenoxy) is 1. The summed E-state index contributed by atoms with van der Waals surface area (Å²) in [6.07, 6.45) is -1.01. The predicted molar refractivity (Wildman–Crippen MR) is 50.6 cm³/mol. The molecule has 78 valence electrons. The third-order valence-electron chi connectivity index (χ3n) is 1.88. The van der Waals surface area contributed by atoms with Gasteiger partial charge >= 0.3 is 0 Å². The van der Waals surface area contributed by atoms with E-state index >= 15 is 0 Å². The molecule has 4 nitrogen and oxygen atoms in total. The van der Waals surface area contributed by atoms with E-state index in [4.69, 9.17) is 9.84 Å². The predicted octanol–water partition coefficient (Wildman–Crippen LogP) is 0.912. The molecule has 1 unspecified atom stereocenters. The molecule has 0 amide bonds. The zero-order valence-electron chi connectivity index (χ0n) is 7.97. The molecular weight excluding hydrogens is 184 g/mol. The summed E-state index contributed by atoms with van der Waals surface area (Å²) < 4.78 is 4.96. The van der Waals surface area contributed by atoms with E-state index in [0.717, 1.165) is 0 Å². The third-order valence-corrected chi connectivity index (χ3v) is 1.88. The Hall–Kier alpha value is -1.10. The first kappa shape index (κ1) is 11.0. The summed E-state index contributed by atoms with van der Waals surface area (Å²) in [5, 5.41) is 27.6. The van der Waals surface area contributed by atoms with E-state index in [9.17, 15) is 10.2 Å². The third kappa shape index (κ3) is 2.45. The van der Waals surface area contributed by atoms with E-state index in [2.05, 4.69) is 0 Å². The van der Waals surface area contributed by atoms with Crippen LogP contribution in [0.5, 0.6) is 5.75 Å². The van der Waals surface area contributed by atoms with Crippen molar-refractivity contribution < 1.29 is 20.1 Å². The van der Waals surface area contributed by atoms with Crippen LogP contribution in [0.3, 0.4) is 0 Å². The second kappa shape index (κ2) is 4.95. The number of phenols is 1. The van der Waals surface area contributed by atoms with Gasteiger partial charge in [0.2, 0.25) is 0 Å². The fraction of sp³-hybridized carbons (Fsp3) is 0.400. The minimum Gasteiger partial charge on any atom is -0.508 e. The summed E-state index contributed by atoms with van der Waals surface area (Å²) in [6.45, 7) is 1.91. The van der Waals surface area contributed by atoms with E-state index in [-0.39, 0.29) is 12.4 Å². The van der Waals surface area contributed by atoms with Gasteiger partial charge in [0, 0.05) is 17.7 Å². The lowest BCUT2D eigenvalue weighted by Gasteiger charge is -2.12. The zero-order chi connectivity index (χ0) is 10.6. The van der Waals surface area contributed by atoms with Crippen LogP contribution < -0.4 is 0 Å². The number of aliphatic hydroxyl groups is 2. The van der Waals surface area contributed by atoms with Gasteiger partial charge in [0.25, 0.3) is 0 Å². The van der Waals surface area contributed by atoms with Crippen molar-refractivity contribution in [2.75, 3.05) is 6.61 Å². The Labute approximate surface area is 82.4 Å². The Morgan fingerprint density at radius 3 is 2.71 bits per heavy atom. The molecule has 0 radical (unpaired) electrons. The van der Waals surface area contributed by atoms with Crippen LogP contribution in [0.1, 0.15) is 24.3 Å². The summed E-state index contributed by atoms with van der Waals surface area (Å²) in [5.41, 5.74) is 0.898. The number of aliphatic hydroxyl groups excluding tert-OH is 2. The number of hydrogen-bond donors (Lipinski definition) is 3. The second-order valence-corrected chi connectivity index (χ2v) is 2.85. The zero-order valence-corrected chi connectivity index (χ0v) is 7.97. The molecule has 1 rings (SSSR count). The molecule has 3 N–H and O–H groups in total. The molecule has 1 atom stereocenters. The second-order valence-electron chi connectivity index (χ2n) is 2.85. The van der Waals surface area contributed by atoms with Crippen LogP contribution >= 0.6 is 0 Å². The Bertz CT molecular complexity index is 298. The van der Waals surface area contributed by atoms with Crippen molar-refractivity contribution in [1.82, 2.24) is 0 Å². The quantitative estimate of drug-likeness (QED) is 0.629. The number of rotatable bonds is 4. The van der Waals surface area contributed by atoms with Gasteiger partial charge in [-0.2, -0.15) is 0 Å². The highest BCUT2D eigenvalue weighted by atomic mass is 16.6. The summed E-state index contributed by atoms with van der Waals surface area (Å²) in [4.78, 5) is 0. The van der Waals surface area contributed by atoms with Gasteiger partial charge in [-0.25, -0.2) is 0 Å². The lowest BCUT2D eigenvalue weighted by Crippen LogP contribution is -2.03. The van der Waals surface area contributed by atoms with E-state index in [0.29, 0.717) is 17.7 Å². The summed E-state index contributed by atoms with van der Waals surface area (Å²) in [5.74, 6) is 0.0138. The van der Waals surface area contributed by atoms with Crippen LogP contribution in [0, 0.1) is 0 Å². The SMILES string of the molecule is CCOC(O)c1ccc(O)c(CO)c1. The van der Waals surface area contributed by atoms with Gasteiger partial charge in [-0.05, 0) is 19.1 Å². The molecule has 0 aliphatic rings. The number of benzene rings is 1. The normalized spacial score (nSPS) is 12.8. The van der Waals surface area contributed by atoms with Crippen LogP contribution in [0.15, 0.2) is 18.2 Å². The van der Waals surface area contributed by atoms with Crippen LogP contribution in [-0.2, 0) is 11.3 Å². The molecule has 0 bridgehead atoms. The standard InChI is InChI=1S/C10H14O4/c1-2-14-10(13)7-3-4-9(12)8(5-7)6-11/h3-5,10-13H,2,6H2,1H3. The Morgan fingerprint density at radius 1 is 1.43 bits per heavy atom. The van der Waals surface area contributed by atoms with Crippen LogP contribution in [0.25, 0.3) is 0 Å². The first-order valence-electron chi connectivity index (χ1n) is 4.41. The van der Waals surface area contributed by atoms with Gasteiger partial charge in [0.1, 0.15) is 5.75 Å². The van der Waals surface area contributed by atoms with Gasteiger partial charge < -0.3 is 20.1 Å². The molecule has 14 heavy (non-hydrogen) atoms. The van der Waals surface area contributed by atoms with Gasteiger partial charge in [-0.15, -0.1) is 0 Å². The highest BCUT2D eigenvalue weighted by Crippen LogP contribution is 2.22. The summed E-state index contributed by atoms with van der Waals surface area (Å²) in [7, 11) is 0. The molecule has 4 heteroatoms. The minimum absolute atomic E-state index is 0.0138. The molecule has 0 saturated carbocycles. The number of hydrogen-bond acceptors (Lipinski definition) is 4. The van der Waals surface area contributed by atoms with Gasteiger partial charge in [0.05, 0.1) is 6.61 Å². The molecule has 0 aromatic heterocycles. The first-order chi connectivity index (χ1) is 6.69. The largest absolute Gasteiger partial charge is 0.508 e. The van der Waals surface area contributed by atoms with Crippen LogP contribution in [0.4, 0.5) is 0 Å². The molecule has 0 aliphatic heterocycles. The number of aromatic hydroxyl groups is 1. The minimum atomic E-state index is -1.01. The van der Waals surface area contributed by atoms with E-state index < -0.39 is 6.29 Å². The topological polar surface area (TPSA) is 69.9 Å². The molecule has 0 heterocycles. The monoisotopic (exact) mass is 198 g/mol. The van der Waals surface area contributed by atoms with Crippen molar-refractivity contribution in [3.63, 3.8) is 0 Å². The van der Waals surface area contributed by atoms with Crippen molar-refractivity contribution >= 4 is 0 Å². The summed E-state index contributed by atoms with van der Waals surface area (Å²) in [6, 6.07) is 4.48. The molecular formula is C10H14O4. The lowest BCUT2D eigenvalue weighted by atomic mass is 10.1. The highest BCUT2D eigenvalue weighted by molar-refractivity contribution is 5.36. The van der Waals surface area contributed by atoms with Crippen LogP contribution in [0.2, 0.25) is 0 Å². The molecule has 0 saturated heterocycles. The van der Waals surface area contributed by atoms with Crippen molar-refractivity contribution in [2.24, 2.45) is 0 Å². The van der Waals surface area contributed by atoms with E-state index in [1.165, 1.54) is 12.1 Å². The maximum absolute atomic E-state index is 9.45. The fourth-order valence-electron chi connectivity index (χ4n) is 1.14. The molecule has 0 aliphatic carbocycles.